The van der Waals surface area contributed by atoms with Crippen molar-refractivity contribution in [3.05, 3.63) is 64.2 Å². The predicted molar refractivity (Wildman–Crippen MR) is 120 cm³/mol. The van der Waals surface area contributed by atoms with Gasteiger partial charge in [0.1, 0.15) is 0 Å². The van der Waals surface area contributed by atoms with E-state index in [-0.39, 0.29) is 30.4 Å². The number of carbonyl (C=O) groups is 3. The highest BCUT2D eigenvalue weighted by molar-refractivity contribution is 6.30. The zero-order valence-electron chi connectivity index (χ0n) is 17.6. The molecule has 3 aliphatic heterocycles. The Morgan fingerprint density at radius 3 is 2.50 bits per heavy atom. The number of benzene rings is 2. The molecular formula is C24H24ClN3O4. The smallest absolute Gasteiger partial charge is 0.261 e. The Morgan fingerprint density at radius 2 is 1.78 bits per heavy atom. The van der Waals surface area contributed by atoms with Gasteiger partial charge in [0.25, 0.3) is 17.7 Å². The van der Waals surface area contributed by atoms with E-state index in [0.717, 1.165) is 18.5 Å². The van der Waals surface area contributed by atoms with Crippen molar-refractivity contribution in [3.8, 4) is 0 Å². The molecule has 2 saturated heterocycles. The summed E-state index contributed by atoms with van der Waals surface area (Å²) in [5, 5.41) is 0.687. The van der Waals surface area contributed by atoms with Crippen molar-refractivity contribution in [2.75, 3.05) is 44.2 Å². The summed E-state index contributed by atoms with van der Waals surface area (Å²) in [7, 11) is 0. The van der Waals surface area contributed by atoms with E-state index in [1.54, 1.807) is 23.1 Å². The Balaban J connectivity index is 1.27. The molecule has 3 aliphatic rings. The fourth-order valence-electron chi connectivity index (χ4n) is 4.60. The van der Waals surface area contributed by atoms with Gasteiger partial charge >= 0.3 is 0 Å². The molecule has 32 heavy (non-hydrogen) atoms. The first kappa shape index (κ1) is 21.0. The topological polar surface area (TPSA) is 70.2 Å². The van der Waals surface area contributed by atoms with Gasteiger partial charge in [-0.15, -0.1) is 0 Å². The molecule has 166 valence electrons. The number of carbonyl (C=O) groups excluding carboxylic acids is 3. The van der Waals surface area contributed by atoms with E-state index >= 15 is 0 Å². The van der Waals surface area contributed by atoms with Crippen LogP contribution in [-0.2, 0) is 4.74 Å². The summed E-state index contributed by atoms with van der Waals surface area (Å²) in [6.45, 7) is 3.46. The van der Waals surface area contributed by atoms with E-state index < -0.39 is 0 Å². The quantitative estimate of drug-likeness (QED) is 0.665. The lowest BCUT2D eigenvalue weighted by Gasteiger charge is -2.36. The molecule has 0 bridgehead atoms. The number of piperazine rings is 1. The lowest BCUT2D eigenvalue weighted by atomic mass is 10.0. The molecule has 3 amide bonds. The fourth-order valence-corrected chi connectivity index (χ4v) is 4.79. The number of rotatable bonds is 4. The molecule has 1 atom stereocenters. The van der Waals surface area contributed by atoms with Gasteiger partial charge in [0.15, 0.2) is 0 Å². The molecule has 7 nitrogen and oxygen atoms in total. The molecule has 0 aliphatic carbocycles. The first-order valence-corrected chi connectivity index (χ1v) is 11.3. The molecule has 0 aromatic heterocycles. The standard InChI is InChI=1S/C24H24ClN3O4/c25-17-3-1-4-18(14-17)26-8-10-27(11-9-26)22(29)16-6-7-20-21(13-16)24(31)28(23(20)30)15-19-5-2-12-32-19/h1,3-4,6-7,13-14,19H,2,5,8-12,15H2. The van der Waals surface area contributed by atoms with Crippen LogP contribution < -0.4 is 4.90 Å². The van der Waals surface area contributed by atoms with Crippen molar-refractivity contribution < 1.29 is 19.1 Å². The summed E-state index contributed by atoms with van der Waals surface area (Å²) >= 11 is 6.10. The number of fused-ring (bicyclic) bond motifs is 1. The van der Waals surface area contributed by atoms with Gasteiger partial charge in [0.2, 0.25) is 0 Å². The van der Waals surface area contributed by atoms with Crippen LogP contribution >= 0.6 is 11.6 Å². The normalized spacial score (nSPS) is 20.8. The molecule has 0 N–H and O–H groups in total. The van der Waals surface area contributed by atoms with Crippen LogP contribution in [0.25, 0.3) is 0 Å². The molecule has 2 fully saturated rings. The molecule has 3 heterocycles. The lowest BCUT2D eigenvalue weighted by molar-refractivity contribution is 0.0475. The molecule has 2 aromatic rings. The largest absolute Gasteiger partial charge is 0.376 e. The van der Waals surface area contributed by atoms with Crippen molar-refractivity contribution in [3.63, 3.8) is 0 Å². The van der Waals surface area contributed by atoms with Crippen LogP contribution in [0.5, 0.6) is 0 Å². The number of halogens is 1. The van der Waals surface area contributed by atoms with Gasteiger partial charge in [0, 0.05) is 49.1 Å². The third-order valence-corrected chi connectivity index (χ3v) is 6.60. The van der Waals surface area contributed by atoms with Crippen molar-refractivity contribution in [1.82, 2.24) is 9.80 Å². The maximum atomic E-state index is 13.1. The highest BCUT2D eigenvalue weighted by Crippen LogP contribution is 2.27. The van der Waals surface area contributed by atoms with Crippen LogP contribution in [0.2, 0.25) is 5.02 Å². The zero-order chi connectivity index (χ0) is 22.2. The van der Waals surface area contributed by atoms with Gasteiger partial charge in [0.05, 0.1) is 23.8 Å². The SMILES string of the molecule is O=C(c1ccc2c(c1)C(=O)N(CC1CCCO1)C2=O)N1CCN(c2cccc(Cl)c2)CC1. The van der Waals surface area contributed by atoms with Crippen LogP contribution in [0.15, 0.2) is 42.5 Å². The van der Waals surface area contributed by atoms with Crippen LogP contribution in [0.4, 0.5) is 5.69 Å². The van der Waals surface area contributed by atoms with Gasteiger partial charge < -0.3 is 14.5 Å². The van der Waals surface area contributed by atoms with E-state index in [2.05, 4.69) is 4.90 Å². The highest BCUT2D eigenvalue weighted by atomic mass is 35.5. The first-order chi connectivity index (χ1) is 15.5. The Bertz CT molecular complexity index is 1070. The van der Waals surface area contributed by atoms with Gasteiger partial charge in [-0.1, -0.05) is 17.7 Å². The number of imide groups is 1. The van der Waals surface area contributed by atoms with E-state index in [0.29, 0.717) is 54.5 Å². The van der Waals surface area contributed by atoms with Crippen molar-refractivity contribution in [2.45, 2.75) is 18.9 Å². The summed E-state index contributed by atoms with van der Waals surface area (Å²) < 4.78 is 5.58. The van der Waals surface area contributed by atoms with E-state index in [4.69, 9.17) is 16.3 Å². The minimum absolute atomic E-state index is 0.103. The Labute approximate surface area is 191 Å². The highest BCUT2D eigenvalue weighted by Gasteiger charge is 2.38. The summed E-state index contributed by atoms with van der Waals surface area (Å²) in [5.41, 5.74) is 2.13. The molecule has 1 unspecified atom stereocenters. The molecule has 8 heteroatoms. The van der Waals surface area contributed by atoms with E-state index in [9.17, 15) is 14.4 Å². The van der Waals surface area contributed by atoms with Crippen molar-refractivity contribution >= 4 is 35.0 Å². The Hall–Kier alpha value is -2.90. The van der Waals surface area contributed by atoms with E-state index in [1.807, 2.05) is 24.3 Å². The average molecular weight is 454 g/mol. The summed E-state index contributed by atoms with van der Waals surface area (Å²) in [5.74, 6) is -0.785. The van der Waals surface area contributed by atoms with Crippen LogP contribution in [0, 0.1) is 0 Å². The maximum absolute atomic E-state index is 13.1. The Kier molecular flexibility index (Phi) is 5.61. The number of anilines is 1. The number of ether oxygens (including phenoxy) is 1. The number of nitrogens with zero attached hydrogens (tertiary/aromatic N) is 3. The molecule has 0 saturated carbocycles. The summed E-state index contributed by atoms with van der Waals surface area (Å²) in [6, 6.07) is 12.5. The zero-order valence-corrected chi connectivity index (χ0v) is 18.4. The fraction of sp³-hybridized carbons (Fsp3) is 0.375. The third kappa shape index (κ3) is 3.87. The molecule has 5 rings (SSSR count). The molecule has 2 aromatic carbocycles. The predicted octanol–water partition coefficient (Wildman–Crippen LogP) is 3.08. The summed E-state index contributed by atoms with van der Waals surface area (Å²) in [6.07, 6.45) is 1.68. The second-order valence-electron chi connectivity index (χ2n) is 8.38. The number of hydrogen-bond donors (Lipinski definition) is 0. The van der Waals surface area contributed by atoms with Crippen LogP contribution in [-0.4, -0.2) is 73.0 Å². The monoisotopic (exact) mass is 453 g/mol. The second-order valence-corrected chi connectivity index (χ2v) is 8.81. The lowest BCUT2D eigenvalue weighted by Crippen LogP contribution is -2.48. The second kappa shape index (κ2) is 8.56. The first-order valence-electron chi connectivity index (χ1n) is 10.9. The third-order valence-electron chi connectivity index (χ3n) is 6.37. The van der Waals surface area contributed by atoms with E-state index in [1.165, 1.54) is 4.90 Å². The Morgan fingerprint density at radius 1 is 1.00 bits per heavy atom. The maximum Gasteiger partial charge on any atom is 0.261 e. The molecule has 0 radical (unpaired) electrons. The number of hydrogen-bond acceptors (Lipinski definition) is 5. The van der Waals surface area contributed by atoms with Crippen LogP contribution in [0.1, 0.15) is 43.9 Å². The number of amides is 3. The van der Waals surface area contributed by atoms with Crippen LogP contribution in [0.3, 0.4) is 0 Å². The van der Waals surface area contributed by atoms with Crippen molar-refractivity contribution in [1.29, 1.82) is 0 Å². The van der Waals surface area contributed by atoms with Gasteiger partial charge in [-0.3, -0.25) is 19.3 Å². The van der Waals surface area contributed by atoms with Crippen molar-refractivity contribution in [2.24, 2.45) is 0 Å². The van der Waals surface area contributed by atoms with Gasteiger partial charge in [-0.05, 0) is 49.2 Å². The van der Waals surface area contributed by atoms with Gasteiger partial charge in [-0.2, -0.15) is 0 Å². The summed E-state index contributed by atoms with van der Waals surface area (Å²) in [4.78, 5) is 43.9. The minimum Gasteiger partial charge on any atom is -0.376 e. The van der Waals surface area contributed by atoms with Gasteiger partial charge in [-0.25, -0.2) is 0 Å². The molecular weight excluding hydrogens is 430 g/mol. The average Bonchev–Trinajstić information content (AvgIpc) is 3.41. The molecule has 0 spiro atoms. The minimum atomic E-state index is -0.346.